The highest BCUT2D eigenvalue weighted by Crippen LogP contribution is 2.28. The molecule has 0 radical (unpaired) electrons. The number of nitrogens with two attached hydrogens (primary N) is 1. The van der Waals surface area contributed by atoms with Crippen molar-refractivity contribution in [1.29, 1.82) is 0 Å². The largest absolute Gasteiger partial charge is 0.573 e. The van der Waals surface area contributed by atoms with Crippen LogP contribution in [-0.2, 0) is 0 Å². The minimum atomic E-state index is -4.71. The molecule has 142 valence electrons. The maximum Gasteiger partial charge on any atom is 0.573 e. The molecule has 0 spiro atoms. The molecule has 1 saturated heterocycles. The Kier molecular flexibility index (Phi) is 5.39. The number of alkyl halides is 3. The van der Waals surface area contributed by atoms with Crippen molar-refractivity contribution in [3.63, 3.8) is 0 Å². The first-order valence-corrected chi connectivity index (χ1v) is 8.54. The number of carbonyl (C=O) groups is 1. The van der Waals surface area contributed by atoms with E-state index in [0.29, 0.717) is 11.1 Å². The molecule has 1 fully saturated rings. The Bertz CT molecular complexity index is 839. The molecule has 0 saturated carbocycles. The van der Waals surface area contributed by atoms with E-state index in [2.05, 4.69) is 9.64 Å². The normalized spacial score (nSPS) is 14.7. The number of benzene rings is 2. The zero-order valence-corrected chi connectivity index (χ0v) is 14.5. The van der Waals surface area contributed by atoms with Gasteiger partial charge in [-0.05, 0) is 54.3 Å². The van der Waals surface area contributed by atoms with E-state index in [1.54, 1.807) is 18.2 Å². The highest BCUT2D eigenvalue weighted by molar-refractivity contribution is 5.95. The summed E-state index contributed by atoms with van der Waals surface area (Å²) in [6, 6.07) is 10.9. The van der Waals surface area contributed by atoms with Crippen molar-refractivity contribution < 1.29 is 22.7 Å². The van der Waals surface area contributed by atoms with Crippen LogP contribution in [0.5, 0.6) is 5.75 Å². The van der Waals surface area contributed by atoms with Gasteiger partial charge in [0.15, 0.2) is 0 Å². The maximum absolute atomic E-state index is 12.2. The Labute approximate surface area is 155 Å². The third-order valence-corrected chi connectivity index (χ3v) is 4.33. The van der Waals surface area contributed by atoms with Gasteiger partial charge in [-0.1, -0.05) is 24.3 Å². The van der Waals surface area contributed by atoms with Gasteiger partial charge in [-0.25, -0.2) is 0 Å². The smallest absolute Gasteiger partial charge is 0.406 e. The summed E-state index contributed by atoms with van der Waals surface area (Å²) in [5.41, 5.74) is 8.34. The number of halogens is 3. The number of nitrogens with zero attached hydrogens (tertiary/aromatic N) is 1. The Morgan fingerprint density at radius 2 is 1.70 bits per heavy atom. The van der Waals surface area contributed by atoms with Gasteiger partial charge in [0.05, 0.1) is 0 Å². The molecule has 1 amide bonds. The van der Waals surface area contributed by atoms with E-state index in [0.717, 1.165) is 37.2 Å². The van der Waals surface area contributed by atoms with Crippen LogP contribution in [-0.4, -0.2) is 25.4 Å². The molecule has 0 atom stereocenters. The van der Waals surface area contributed by atoms with Crippen molar-refractivity contribution >= 4 is 23.7 Å². The molecule has 0 aromatic heterocycles. The summed E-state index contributed by atoms with van der Waals surface area (Å²) in [4.78, 5) is 13.7. The van der Waals surface area contributed by atoms with Crippen molar-refractivity contribution in [2.45, 2.75) is 19.2 Å². The number of hydrogen-bond acceptors (Lipinski definition) is 3. The second kappa shape index (κ2) is 7.73. The lowest BCUT2D eigenvalue weighted by atomic mass is 10.1. The van der Waals surface area contributed by atoms with Crippen LogP contribution in [0.2, 0.25) is 0 Å². The van der Waals surface area contributed by atoms with E-state index in [9.17, 15) is 18.0 Å². The van der Waals surface area contributed by atoms with Crippen molar-refractivity contribution in [2.24, 2.45) is 5.73 Å². The molecule has 1 aliphatic rings. The van der Waals surface area contributed by atoms with Gasteiger partial charge in [-0.3, -0.25) is 4.79 Å². The average molecular weight is 376 g/mol. The van der Waals surface area contributed by atoms with E-state index >= 15 is 0 Å². The second-order valence-electron chi connectivity index (χ2n) is 6.28. The molecule has 0 aliphatic carbocycles. The monoisotopic (exact) mass is 376 g/mol. The van der Waals surface area contributed by atoms with E-state index in [4.69, 9.17) is 5.73 Å². The van der Waals surface area contributed by atoms with Gasteiger partial charge in [0.25, 0.3) is 0 Å². The average Bonchev–Trinajstić information content (AvgIpc) is 3.14. The molecule has 2 N–H and O–H groups in total. The van der Waals surface area contributed by atoms with Crippen molar-refractivity contribution in [2.75, 3.05) is 18.0 Å². The number of anilines is 1. The number of amides is 1. The summed E-state index contributed by atoms with van der Waals surface area (Å²) in [5.74, 6) is -0.778. The van der Waals surface area contributed by atoms with Crippen LogP contribution in [0.15, 0.2) is 42.5 Å². The van der Waals surface area contributed by atoms with E-state index in [1.807, 2.05) is 12.1 Å². The van der Waals surface area contributed by atoms with Gasteiger partial charge in [-0.15, -0.1) is 13.2 Å². The van der Waals surface area contributed by atoms with E-state index in [1.165, 1.54) is 24.3 Å². The van der Waals surface area contributed by atoms with E-state index < -0.39 is 12.3 Å². The summed E-state index contributed by atoms with van der Waals surface area (Å²) >= 11 is 0. The predicted molar refractivity (Wildman–Crippen MR) is 98.5 cm³/mol. The van der Waals surface area contributed by atoms with Crippen LogP contribution in [0.3, 0.4) is 0 Å². The number of hydrogen-bond donors (Lipinski definition) is 1. The standard InChI is InChI=1S/C20H19F3N2O2/c21-20(22,23)27-17-8-4-14(5-9-17)3-6-15-13-16(19(24)26)7-10-18(15)25-11-1-2-12-25/h3-10,13H,1-2,11-12H2,(H2,24,26). The number of ether oxygens (including phenoxy) is 1. The lowest BCUT2D eigenvalue weighted by Gasteiger charge is -2.20. The molecule has 7 heteroatoms. The minimum Gasteiger partial charge on any atom is -0.406 e. The fraction of sp³-hybridized carbons (Fsp3) is 0.250. The molecule has 0 unspecified atom stereocenters. The third kappa shape index (κ3) is 5.03. The van der Waals surface area contributed by atoms with Crippen LogP contribution in [0, 0.1) is 0 Å². The molecule has 3 rings (SSSR count). The molecule has 1 aliphatic heterocycles. The minimum absolute atomic E-state index is 0.270. The molecular formula is C20H19F3N2O2. The van der Waals surface area contributed by atoms with Crippen LogP contribution in [0.25, 0.3) is 12.2 Å². The van der Waals surface area contributed by atoms with Crippen LogP contribution in [0.1, 0.15) is 34.3 Å². The molecular weight excluding hydrogens is 357 g/mol. The summed E-state index contributed by atoms with van der Waals surface area (Å²) in [5, 5.41) is 0. The van der Waals surface area contributed by atoms with Crippen LogP contribution in [0.4, 0.5) is 18.9 Å². The molecule has 1 heterocycles. The Morgan fingerprint density at radius 1 is 1.04 bits per heavy atom. The molecule has 27 heavy (non-hydrogen) atoms. The Morgan fingerprint density at radius 3 is 2.30 bits per heavy atom. The Balaban J connectivity index is 1.84. The lowest BCUT2D eigenvalue weighted by molar-refractivity contribution is -0.274. The first-order chi connectivity index (χ1) is 12.8. The topological polar surface area (TPSA) is 55.6 Å². The zero-order valence-electron chi connectivity index (χ0n) is 14.5. The van der Waals surface area contributed by atoms with Crippen molar-refractivity contribution in [1.82, 2.24) is 0 Å². The number of primary amides is 1. The fourth-order valence-corrected chi connectivity index (χ4v) is 3.05. The summed E-state index contributed by atoms with van der Waals surface area (Å²) in [6.07, 6.45) is 1.12. The summed E-state index contributed by atoms with van der Waals surface area (Å²) in [6.45, 7) is 1.89. The Hall–Kier alpha value is -2.96. The van der Waals surface area contributed by atoms with Gasteiger partial charge >= 0.3 is 6.36 Å². The predicted octanol–water partition coefficient (Wildman–Crippen LogP) is 4.45. The van der Waals surface area contributed by atoms with Crippen molar-refractivity contribution in [3.05, 3.63) is 59.2 Å². The number of carbonyl (C=O) groups excluding carboxylic acids is 1. The SMILES string of the molecule is NC(=O)c1ccc(N2CCCC2)c(C=Cc2ccc(OC(F)(F)F)cc2)c1. The number of rotatable bonds is 5. The summed E-state index contributed by atoms with van der Waals surface area (Å²) in [7, 11) is 0. The zero-order chi connectivity index (χ0) is 19.4. The molecule has 4 nitrogen and oxygen atoms in total. The third-order valence-electron chi connectivity index (χ3n) is 4.33. The molecule has 2 aromatic carbocycles. The van der Waals surface area contributed by atoms with E-state index in [-0.39, 0.29) is 5.75 Å². The highest BCUT2D eigenvalue weighted by atomic mass is 19.4. The maximum atomic E-state index is 12.2. The van der Waals surface area contributed by atoms with Gasteiger partial charge in [0, 0.05) is 24.3 Å². The molecule has 0 bridgehead atoms. The first-order valence-electron chi connectivity index (χ1n) is 8.54. The highest BCUT2D eigenvalue weighted by Gasteiger charge is 2.30. The van der Waals surface area contributed by atoms with Crippen LogP contribution < -0.4 is 15.4 Å². The lowest BCUT2D eigenvalue weighted by Crippen LogP contribution is -2.19. The first kappa shape index (κ1) is 18.8. The van der Waals surface area contributed by atoms with Crippen LogP contribution >= 0.6 is 0 Å². The van der Waals surface area contributed by atoms with Gasteiger partial charge in [0.2, 0.25) is 5.91 Å². The molecule has 2 aromatic rings. The second-order valence-corrected chi connectivity index (χ2v) is 6.28. The van der Waals surface area contributed by atoms with Crippen molar-refractivity contribution in [3.8, 4) is 5.75 Å². The summed E-state index contributed by atoms with van der Waals surface area (Å²) < 4.78 is 40.6. The van der Waals surface area contributed by atoms with Gasteiger partial charge < -0.3 is 15.4 Å². The van der Waals surface area contributed by atoms with Gasteiger partial charge in [-0.2, -0.15) is 0 Å². The fourth-order valence-electron chi connectivity index (χ4n) is 3.05. The quantitative estimate of drug-likeness (QED) is 0.784. The van der Waals surface area contributed by atoms with Gasteiger partial charge in [0.1, 0.15) is 5.75 Å².